The van der Waals surface area contributed by atoms with Crippen LogP contribution in [0.25, 0.3) is 0 Å². The van der Waals surface area contributed by atoms with Gasteiger partial charge in [0.2, 0.25) is 11.8 Å². The quantitative estimate of drug-likeness (QED) is 0.743. The summed E-state index contributed by atoms with van der Waals surface area (Å²) in [6.45, 7) is 0. The first-order valence-corrected chi connectivity index (χ1v) is 6.55. The van der Waals surface area contributed by atoms with E-state index in [0.717, 1.165) is 0 Å². The maximum absolute atomic E-state index is 13.2. The largest absolute Gasteiger partial charge is 0.492 e. The van der Waals surface area contributed by atoms with Crippen molar-refractivity contribution < 1.29 is 62.4 Å². The Hall–Kier alpha value is -2.00. The van der Waals surface area contributed by atoms with Crippen molar-refractivity contribution in [2.24, 2.45) is 0 Å². The zero-order valence-corrected chi connectivity index (χ0v) is 11.3. The summed E-state index contributed by atoms with van der Waals surface area (Å²) in [5.41, 5.74) is 0. The first-order valence-electron chi connectivity index (χ1n) is 5.14. The molecule has 0 spiro atoms. The van der Waals surface area contributed by atoms with E-state index in [2.05, 4.69) is 4.28 Å². The van der Waals surface area contributed by atoms with Gasteiger partial charge in [-0.1, -0.05) is 4.73 Å². The molecule has 24 heavy (non-hydrogen) atoms. The summed E-state index contributed by atoms with van der Waals surface area (Å²) in [7, 11) is -7.25. The van der Waals surface area contributed by atoms with Gasteiger partial charge in [-0.2, -0.15) is 47.9 Å². The third-order valence-corrected chi connectivity index (χ3v) is 3.63. The molecule has 1 rings (SSSR count). The Labute approximate surface area is 125 Å². The topological polar surface area (TPSA) is 88.8 Å². The summed E-state index contributed by atoms with van der Waals surface area (Å²) >= 11 is 0. The molecular formula is C8H4F9NO5S. The van der Waals surface area contributed by atoms with E-state index in [4.69, 9.17) is 10.2 Å². The van der Waals surface area contributed by atoms with E-state index in [-0.39, 0.29) is 0 Å². The van der Waals surface area contributed by atoms with Crippen LogP contribution in [0.3, 0.4) is 0 Å². The highest BCUT2D eigenvalue weighted by Crippen LogP contribution is 2.54. The first kappa shape index (κ1) is 20.0. The molecule has 0 bridgehead atoms. The van der Waals surface area contributed by atoms with Crippen LogP contribution in [-0.4, -0.2) is 46.6 Å². The van der Waals surface area contributed by atoms with Gasteiger partial charge in [0.05, 0.1) is 0 Å². The number of alkyl halides is 9. The number of aromatic hydroxyl groups is 2. The highest BCUT2D eigenvalue weighted by Gasteiger charge is 2.86. The lowest BCUT2D eigenvalue weighted by Crippen LogP contribution is -2.64. The van der Waals surface area contributed by atoms with Crippen LogP contribution in [-0.2, 0) is 10.1 Å². The van der Waals surface area contributed by atoms with E-state index in [9.17, 15) is 47.9 Å². The Balaban J connectivity index is 3.41. The number of nitrogens with zero attached hydrogens (tertiary/aromatic N) is 1. The number of hydrogen-bond acceptors (Lipinski definition) is 5. The van der Waals surface area contributed by atoms with Gasteiger partial charge in [-0.25, -0.2) is 0 Å². The minimum absolute atomic E-state index is 0.394. The van der Waals surface area contributed by atoms with E-state index < -0.39 is 49.9 Å². The van der Waals surface area contributed by atoms with Crippen molar-refractivity contribution >= 4 is 10.1 Å². The average molecular weight is 397 g/mol. The van der Waals surface area contributed by atoms with Gasteiger partial charge in [0.1, 0.15) is 0 Å². The van der Waals surface area contributed by atoms with E-state index in [1.165, 1.54) is 0 Å². The predicted octanol–water partition coefficient (Wildman–Crippen LogP) is 2.08. The molecule has 0 fully saturated rings. The number of aromatic nitrogens is 1. The lowest BCUT2D eigenvalue weighted by Gasteiger charge is -2.32. The Morgan fingerprint density at radius 1 is 0.833 bits per heavy atom. The maximum Gasteiger partial charge on any atom is 0.460 e. The minimum atomic E-state index is -7.49. The second-order valence-corrected chi connectivity index (χ2v) is 5.61. The summed E-state index contributed by atoms with van der Waals surface area (Å²) in [5.74, 6) is -17.9. The molecule has 0 radical (unpaired) electrons. The van der Waals surface area contributed by atoms with Crippen LogP contribution in [0.1, 0.15) is 0 Å². The van der Waals surface area contributed by atoms with Crippen molar-refractivity contribution in [3.8, 4) is 11.8 Å². The highest BCUT2D eigenvalue weighted by atomic mass is 32.2. The third-order valence-electron chi connectivity index (χ3n) is 2.40. The minimum Gasteiger partial charge on any atom is -0.492 e. The first-order chi connectivity index (χ1) is 10.4. The van der Waals surface area contributed by atoms with E-state index in [1.807, 2.05) is 0 Å². The molecule has 6 nitrogen and oxygen atoms in total. The van der Waals surface area contributed by atoms with Crippen LogP contribution in [0.5, 0.6) is 11.8 Å². The summed E-state index contributed by atoms with van der Waals surface area (Å²) < 4.78 is 138. The lowest BCUT2D eigenvalue weighted by molar-refractivity contribution is -0.382. The Morgan fingerprint density at radius 3 is 1.54 bits per heavy atom. The third kappa shape index (κ3) is 2.67. The van der Waals surface area contributed by atoms with Gasteiger partial charge < -0.3 is 10.2 Å². The molecular weight excluding hydrogens is 393 g/mol. The van der Waals surface area contributed by atoms with Crippen molar-refractivity contribution in [3.63, 3.8) is 0 Å². The Bertz CT molecular complexity index is 703. The van der Waals surface area contributed by atoms with Crippen LogP contribution in [0.15, 0.2) is 12.1 Å². The molecule has 0 aliphatic heterocycles. The molecule has 1 aromatic rings. The summed E-state index contributed by atoms with van der Waals surface area (Å²) in [6, 6.07) is 0.789. The van der Waals surface area contributed by atoms with Crippen LogP contribution in [0.2, 0.25) is 0 Å². The van der Waals surface area contributed by atoms with Gasteiger partial charge in [-0.05, 0) is 0 Å². The average Bonchev–Trinajstić information content (AvgIpc) is 2.68. The standard InChI is InChI=1S/C8H4F9NO5S/c9-5(10,7(13,14)15)6(11,12)8(16,17)24(21,22)23-18-3(19)1-2-4(18)20/h1-2,19-20H. The molecule has 0 saturated carbocycles. The van der Waals surface area contributed by atoms with Crippen LogP contribution < -0.4 is 4.28 Å². The van der Waals surface area contributed by atoms with Crippen molar-refractivity contribution in [2.45, 2.75) is 23.3 Å². The summed E-state index contributed by atoms with van der Waals surface area (Å²) in [5, 5.41) is 10.7. The van der Waals surface area contributed by atoms with E-state index in [0.29, 0.717) is 12.1 Å². The Kier molecular flexibility index (Phi) is 4.38. The molecule has 1 heterocycles. The normalized spacial score (nSPS) is 14.7. The fourth-order valence-corrected chi connectivity index (χ4v) is 2.03. The monoisotopic (exact) mass is 397 g/mol. The number of rotatable bonds is 5. The van der Waals surface area contributed by atoms with Gasteiger partial charge >= 0.3 is 33.4 Å². The smallest absolute Gasteiger partial charge is 0.460 e. The molecule has 1 aromatic heterocycles. The van der Waals surface area contributed by atoms with Crippen molar-refractivity contribution in [1.82, 2.24) is 4.73 Å². The van der Waals surface area contributed by atoms with Crippen LogP contribution in [0, 0.1) is 0 Å². The van der Waals surface area contributed by atoms with Crippen molar-refractivity contribution in [3.05, 3.63) is 12.1 Å². The maximum atomic E-state index is 13.2. The SMILES string of the molecule is O=S(=O)(On1c(O)ccc1O)C(F)(F)C(F)(F)C(F)(F)C(F)(F)F. The molecule has 0 saturated heterocycles. The molecule has 0 atom stereocenters. The van der Waals surface area contributed by atoms with Crippen molar-refractivity contribution in [2.75, 3.05) is 0 Å². The van der Waals surface area contributed by atoms with Gasteiger partial charge in [0.15, 0.2) is 0 Å². The molecule has 0 aliphatic rings. The molecule has 0 aliphatic carbocycles. The van der Waals surface area contributed by atoms with Crippen molar-refractivity contribution in [1.29, 1.82) is 0 Å². The second kappa shape index (κ2) is 5.25. The molecule has 2 N–H and O–H groups in total. The summed E-state index contributed by atoms with van der Waals surface area (Å²) in [4.78, 5) is 0. The van der Waals surface area contributed by atoms with Gasteiger partial charge in [0, 0.05) is 12.1 Å². The number of halogens is 9. The Morgan fingerprint density at radius 2 is 1.21 bits per heavy atom. The molecule has 0 aromatic carbocycles. The zero-order valence-electron chi connectivity index (χ0n) is 10.5. The van der Waals surface area contributed by atoms with E-state index in [1.54, 1.807) is 0 Å². The zero-order chi connectivity index (χ0) is 19.4. The van der Waals surface area contributed by atoms with E-state index >= 15 is 0 Å². The molecule has 0 amide bonds. The van der Waals surface area contributed by atoms with Gasteiger partial charge in [-0.3, -0.25) is 4.28 Å². The predicted molar refractivity (Wildman–Crippen MR) is 54.2 cm³/mol. The van der Waals surface area contributed by atoms with Gasteiger partial charge in [-0.15, -0.1) is 0 Å². The van der Waals surface area contributed by atoms with Crippen LogP contribution in [0.4, 0.5) is 39.5 Å². The number of hydrogen-bond donors (Lipinski definition) is 2. The van der Waals surface area contributed by atoms with Crippen LogP contribution >= 0.6 is 0 Å². The lowest BCUT2D eigenvalue weighted by atomic mass is 10.1. The second-order valence-electron chi connectivity index (χ2n) is 4.04. The molecule has 16 heteroatoms. The fourth-order valence-electron chi connectivity index (χ4n) is 1.14. The summed E-state index contributed by atoms with van der Waals surface area (Å²) in [6.07, 6.45) is -7.23. The molecule has 0 unspecified atom stereocenters. The highest BCUT2D eigenvalue weighted by molar-refractivity contribution is 7.88. The van der Waals surface area contributed by atoms with Gasteiger partial charge in [0.25, 0.3) is 0 Å². The fraction of sp³-hybridized carbons (Fsp3) is 0.500. The molecule has 140 valence electrons.